The first kappa shape index (κ1) is 9.41. The monoisotopic (exact) mass is 201 g/mol. The number of fused-ring (bicyclic) bond motifs is 1. The predicted octanol–water partition coefficient (Wildman–Crippen LogP) is 2.47. The molecule has 1 heterocycles. The molecule has 80 valence electrons. The van der Waals surface area contributed by atoms with Crippen molar-refractivity contribution in [3.8, 4) is 0 Å². The van der Waals surface area contributed by atoms with Crippen molar-refractivity contribution in [2.45, 2.75) is 32.4 Å². The first-order valence-electron chi connectivity index (χ1n) is 6.07. The SMILES string of the molecule is C[C@H]1[C@@H]2[C@H]1[C@H](C)N[C@H]2Cc1ccccc1. The third-order valence-corrected chi connectivity index (χ3v) is 4.34. The van der Waals surface area contributed by atoms with Gasteiger partial charge in [0.1, 0.15) is 0 Å². The van der Waals surface area contributed by atoms with Gasteiger partial charge in [0.2, 0.25) is 0 Å². The molecule has 3 rings (SSSR count). The van der Waals surface area contributed by atoms with Crippen LogP contribution in [-0.2, 0) is 6.42 Å². The lowest BCUT2D eigenvalue weighted by Gasteiger charge is -2.18. The van der Waals surface area contributed by atoms with E-state index in [1.165, 1.54) is 12.0 Å². The summed E-state index contributed by atoms with van der Waals surface area (Å²) in [7, 11) is 0. The number of benzene rings is 1. The zero-order chi connectivity index (χ0) is 10.4. The van der Waals surface area contributed by atoms with Crippen molar-refractivity contribution in [1.82, 2.24) is 5.32 Å². The summed E-state index contributed by atoms with van der Waals surface area (Å²) in [6.07, 6.45) is 1.21. The maximum Gasteiger partial charge on any atom is 0.0144 e. The summed E-state index contributed by atoms with van der Waals surface area (Å²) in [6, 6.07) is 12.3. The largest absolute Gasteiger partial charge is 0.311 e. The molecule has 15 heavy (non-hydrogen) atoms. The summed E-state index contributed by atoms with van der Waals surface area (Å²) in [5, 5.41) is 3.73. The van der Waals surface area contributed by atoms with Gasteiger partial charge in [-0.2, -0.15) is 0 Å². The average Bonchev–Trinajstić information content (AvgIpc) is 2.78. The molecular formula is C14H19N. The molecule has 1 heteroatoms. The molecule has 2 fully saturated rings. The Morgan fingerprint density at radius 3 is 2.40 bits per heavy atom. The second-order valence-corrected chi connectivity index (χ2v) is 5.27. The van der Waals surface area contributed by atoms with Crippen LogP contribution in [0.5, 0.6) is 0 Å². The Morgan fingerprint density at radius 2 is 1.80 bits per heavy atom. The maximum atomic E-state index is 3.73. The van der Waals surface area contributed by atoms with E-state index in [0.717, 1.165) is 29.8 Å². The molecule has 1 aliphatic heterocycles. The first-order valence-corrected chi connectivity index (χ1v) is 6.07. The van der Waals surface area contributed by atoms with Gasteiger partial charge in [0.05, 0.1) is 0 Å². The van der Waals surface area contributed by atoms with E-state index in [0.29, 0.717) is 0 Å². The lowest BCUT2D eigenvalue weighted by molar-refractivity contribution is 0.437. The van der Waals surface area contributed by atoms with Crippen molar-refractivity contribution >= 4 is 0 Å². The fraction of sp³-hybridized carbons (Fsp3) is 0.571. The van der Waals surface area contributed by atoms with Crippen LogP contribution >= 0.6 is 0 Å². The lowest BCUT2D eigenvalue weighted by Crippen LogP contribution is -2.35. The van der Waals surface area contributed by atoms with Gasteiger partial charge >= 0.3 is 0 Å². The van der Waals surface area contributed by atoms with Crippen LogP contribution in [0.2, 0.25) is 0 Å². The smallest absolute Gasteiger partial charge is 0.0144 e. The first-order chi connectivity index (χ1) is 7.27. The molecule has 0 spiro atoms. The molecule has 0 aromatic heterocycles. The van der Waals surface area contributed by atoms with Crippen LogP contribution < -0.4 is 5.32 Å². The minimum atomic E-state index is 0.724. The topological polar surface area (TPSA) is 12.0 Å². The van der Waals surface area contributed by atoms with E-state index in [-0.39, 0.29) is 0 Å². The van der Waals surface area contributed by atoms with E-state index < -0.39 is 0 Å². The summed E-state index contributed by atoms with van der Waals surface area (Å²) < 4.78 is 0. The van der Waals surface area contributed by atoms with Crippen molar-refractivity contribution in [3.05, 3.63) is 35.9 Å². The Morgan fingerprint density at radius 1 is 1.07 bits per heavy atom. The zero-order valence-electron chi connectivity index (χ0n) is 9.48. The van der Waals surface area contributed by atoms with Crippen molar-refractivity contribution in [2.75, 3.05) is 0 Å². The predicted molar refractivity (Wildman–Crippen MR) is 62.7 cm³/mol. The minimum absolute atomic E-state index is 0.724. The molecule has 1 aliphatic carbocycles. The van der Waals surface area contributed by atoms with Gasteiger partial charge in [-0.1, -0.05) is 37.3 Å². The molecule has 1 nitrogen and oxygen atoms in total. The Bertz CT molecular complexity index is 346. The summed E-state index contributed by atoms with van der Waals surface area (Å²) >= 11 is 0. The molecule has 1 aromatic carbocycles. The van der Waals surface area contributed by atoms with Gasteiger partial charge in [-0.15, -0.1) is 0 Å². The van der Waals surface area contributed by atoms with E-state index in [4.69, 9.17) is 0 Å². The molecule has 0 radical (unpaired) electrons. The van der Waals surface area contributed by atoms with Crippen LogP contribution in [0.15, 0.2) is 30.3 Å². The molecule has 1 saturated carbocycles. The van der Waals surface area contributed by atoms with E-state index in [9.17, 15) is 0 Å². The molecule has 0 unspecified atom stereocenters. The number of rotatable bonds is 2. The van der Waals surface area contributed by atoms with E-state index >= 15 is 0 Å². The second kappa shape index (κ2) is 3.34. The highest BCUT2D eigenvalue weighted by molar-refractivity contribution is 5.20. The summed E-state index contributed by atoms with van der Waals surface area (Å²) in [4.78, 5) is 0. The highest BCUT2D eigenvalue weighted by Gasteiger charge is 2.58. The van der Waals surface area contributed by atoms with Crippen molar-refractivity contribution in [3.63, 3.8) is 0 Å². The number of nitrogens with one attached hydrogen (secondary N) is 1. The normalized spacial score (nSPS) is 42.7. The number of hydrogen-bond donors (Lipinski definition) is 1. The zero-order valence-corrected chi connectivity index (χ0v) is 9.48. The van der Waals surface area contributed by atoms with Gasteiger partial charge in [0, 0.05) is 12.1 Å². The Labute approximate surface area is 91.9 Å². The lowest BCUT2D eigenvalue weighted by atomic mass is 10.0. The summed E-state index contributed by atoms with van der Waals surface area (Å²) in [5.74, 6) is 2.86. The highest BCUT2D eigenvalue weighted by atomic mass is 15.1. The van der Waals surface area contributed by atoms with Crippen LogP contribution in [0.25, 0.3) is 0 Å². The maximum absolute atomic E-state index is 3.73. The minimum Gasteiger partial charge on any atom is -0.311 e. The number of hydrogen-bond acceptors (Lipinski definition) is 1. The third-order valence-electron chi connectivity index (χ3n) is 4.34. The van der Waals surface area contributed by atoms with Crippen molar-refractivity contribution in [2.24, 2.45) is 17.8 Å². The van der Waals surface area contributed by atoms with Crippen LogP contribution in [0.1, 0.15) is 19.4 Å². The Balaban J connectivity index is 1.70. The molecule has 1 saturated heterocycles. The van der Waals surface area contributed by atoms with E-state index in [1.54, 1.807) is 0 Å². The van der Waals surface area contributed by atoms with Gasteiger partial charge in [-0.3, -0.25) is 0 Å². The highest BCUT2D eigenvalue weighted by Crippen LogP contribution is 2.54. The van der Waals surface area contributed by atoms with Gasteiger partial charge in [-0.25, -0.2) is 0 Å². The molecule has 1 aromatic rings. The molecule has 5 atom stereocenters. The van der Waals surface area contributed by atoms with Crippen molar-refractivity contribution in [1.29, 1.82) is 0 Å². The Hall–Kier alpha value is -0.820. The van der Waals surface area contributed by atoms with Gasteiger partial charge in [0.15, 0.2) is 0 Å². The standard InChI is InChI=1S/C14H19N/c1-9-13-10(2)15-12(14(9)13)8-11-6-4-3-5-7-11/h3-7,9-10,12-15H,8H2,1-2H3/t9-,10+,12+,13-,14+/m1/s1. The molecule has 1 N–H and O–H groups in total. The van der Waals surface area contributed by atoms with Crippen LogP contribution in [0.3, 0.4) is 0 Å². The quantitative estimate of drug-likeness (QED) is 0.775. The third kappa shape index (κ3) is 1.50. The van der Waals surface area contributed by atoms with Crippen molar-refractivity contribution < 1.29 is 0 Å². The molecule has 2 aliphatic rings. The molecule has 0 amide bonds. The fourth-order valence-corrected chi connectivity index (χ4v) is 3.57. The molecular weight excluding hydrogens is 182 g/mol. The second-order valence-electron chi connectivity index (χ2n) is 5.27. The van der Waals surface area contributed by atoms with Gasteiger partial charge < -0.3 is 5.32 Å². The summed E-state index contributed by atoms with van der Waals surface area (Å²) in [6.45, 7) is 4.75. The van der Waals surface area contributed by atoms with E-state index in [1.807, 2.05) is 0 Å². The summed E-state index contributed by atoms with van der Waals surface area (Å²) in [5.41, 5.74) is 1.47. The van der Waals surface area contributed by atoms with Gasteiger partial charge in [-0.05, 0) is 36.7 Å². The van der Waals surface area contributed by atoms with Gasteiger partial charge in [0.25, 0.3) is 0 Å². The Kier molecular flexibility index (Phi) is 2.10. The van der Waals surface area contributed by atoms with Crippen LogP contribution in [-0.4, -0.2) is 12.1 Å². The average molecular weight is 201 g/mol. The molecule has 0 bridgehead atoms. The van der Waals surface area contributed by atoms with Crippen LogP contribution in [0, 0.1) is 17.8 Å². The van der Waals surface area contributed by atoms with Crippen LogP contribution in [0.4, 0.5) is 0 Å². The van der Waals surface area contributed by atoms with E-state index in [2.05, 4.69) is 49.5 Å². The number of piperidine rings is 1. The fourth-order valence-electron chi connectivity index (χ4n) is 3.57.